The Labute approximate surface area is 107 Å². The number of nitrogens with one attached hydrogen (secondary N) is 1. The van der Waals surface area contributed by atoms with E-state index >= 15 is 0 Å². The number of hydrogen-bond donors (Lipinski definition) is 1. The fourth-order valence-electron chi connectivity index (χ4n) is 3.79. The zero-order valence-corrected chi connectivity index (χ0v) is 11.8. The normalized spacial score (nSPS) is 34.8. The number of rotatable bonds is 3. The molecule has 1 saturated heterocycles. The molecule has 0 aromatic heterocycles. The van der Waals surface area contributed by atoms with E-state index in [-0.39, 0.29) is 0 Å². The molecule has 2 nitrogen and oxygen atoms in total. The largest absolute Gasteiger partial charge is 0.381 e. The second-order valence-electron chi connectivity index (χ2n) is 7.07. The van der Waals surface area contributed by atoms with Gasteiger partial charge in [0.05, 0.1) is 0 Å². The fraction of sp³-hybridized carbons (Fsp3) is 1.00. The van der Waals surface area contributed by atoms with Crippen LogP contribution in [0.1, 0.15) is 52.9 Å². The fourth-order valence-corrected chi connectivity index (χ4v) is 3.79. The molecule has 2 fully saturated rings. The Kier molecular flexibility index (Phi) is 4.48. The van der Waals surface area contributed by atoms with Gasteiger partial charge < -0.3 is 10.1 Å². The average Bonchev–Trinajstić information content (AvgIpc) is 2.25. The van der Waals surface area contributed by atoms with E-state index < -0.39 is 0 Å². The van der Waals surface area contributed by atoms with E-state index in [2.05, 4.69) is 26.1 Å². The van der Waals surface area contributed by atoms with Gasteiger partial charge in [0.25, 0.3) is 0 Å². The van der Waals surface area contributed by atoms with Crippen molar-refractivity contribution < 1.29 is 4.74 Å². The topological polar surface area (TPSA) is 21.3 Å². The summed E-state index contributed by atoms with van der Waals surface area (Å²) < 4.78 is 5.41. The van der Waals surface area contributed by atoms with Gasteiger partial charge in [-0.25, -0.2) is 0 Å². The molecule has 0 aromatic carbocycles. The van der Waals surface area contributed by atoms with Crippen LogP contribution < -0.4 is 5.32 Å². The molecule has 0 bridgehead atoms. The van der Waals surface area contributed by atoms with Crippen molar-refractivity contribution in [2.24, 2.45) is 17.3 Å². The average molecular weight is 239 g/mol. The maximum absolute atomic E-state index is 5.41. The van der Waals surface area contributed by atoms with Gasteiger partial charge in [0, 0.05) is 19.3 Å². The van der Waals surface area contributed by atoms with Gasteiger partial charge in [0.15, 0.2) is 0 Å². The maximum atomic E-state index is 5.41. The minimum Gasteiger partial charge on any atom is -0.381 e. The van der Waals surface area contributed by atoms with Crippen LogP contribution in [0.4, 0.5) is 0 Å². The lowest BCUT2D eigenvalue weighted by Gasteiger charge is -2.40. The summed E-state index contributed by atoms with van der Waals surface area (Å²) in [6, 6.07) is 0.747. The predicted octanol–water partition coefficient (Wildman–Crippen LogP) is 3.22. The molecule has 0 aromatic rings. The van der Waals surface area contributed by atoms with E-state index in [0.29, 0.717) is 5.41 Å². The van der Waals surface area contributed by atoms with Crippen molar-refractivity contribution in [2.75, 3.05) is 19.8 Å². The van der Waals surface area contributed by atoms with Crippen LogP contribution in [0, 0.1) is 17.3 Å². The summed E-state index contributed by atoms with van der Waals surface area (Å²) >= 11 is 0. The molecule has 0 spiro atoms. The summed E-state index contributed by atoms with van der Waals surface area (Å²) in [6.07, 6.45) is 6.60. The van der Waals surface area contributed by atoms with E-state index in [4.69, 9.17) is 4.74 Å². The third-order valence-electron chi connectivity index (χ3n) is 4.42. The third-order valence-corrected chi connectivity index (χ3v) is 4.42. The Morgan fingerprint density at radius 2 is 1.88 bits per heavy atom. The van der Waals surface area contributed by atoms with Gasteiger partial charge in [-0.05, 0) is 55.9 Å². The molecule has 0 radical (unpaired) electrons. The lowest BCUT2D eigenvalue weighted by atomic mass is 9.70. The van der Waals surface area contributed by atoms with Crippen LogP contribution in [-0.4, -0.2) is 25.8 Å². The van der Waals surface area contributed by atoms with Gasteiger partial charge in [-0.1, -0.05) is 20.8 Å². The maximum Gasteiger partial charge on any atom is 0.0469 e. The standard InChI is InChI=1S/C15H29NO/c1-12-8-14(10-15(2,3)9-12)16-11-13-4-6-17-7-5-13/h12-14,16H,4-11H2,1-3H3. The monoisotopic (exact) mass is 239 g/mol. The van der Waals surface area contributed by atoms with E-state index in [1.54, 1.807) is 0 Å². The van der Waals surface area contributed by atoms with Crippen LogP contribution in [0.15, 0.2) is 0 Å². The van der Waals surface area contributed by atoms with E-state index in [9.17, 15) is 0 Å². The van der Waals surface area contributed by atoms with Crippen molar-refractivity contribution in [1.82, 2.24) is 5.32 Å². The van der Waals surface area contributed by atoms with Gasteiger partial charge >= 0.3 is 0 Å². The first-order valence-corrected chi connectivity index (χ1v) is 7.36. The summed E-state index contributed by atoms with van der Waals surface area (Å²) in [6.45, 7) is 10.4. The third kappa shape index (κ3) is 4.26. The molecule has 2 heteroatoms. The molecule has 1 aliphatic carbocycles. The number of hydrogen-bond acceptors (Lipinski definition) is 2. The summed E-state index contributed by atoms with van der Waals surface area (Å²) in [4.78, 5) is 0. The molecule has 0 amide bonds. The molecule has 1 aliphatic heterocycles. The second-order valence-corrected chi connectivity index (χ2v) is 7.07. The molecule has 2 atom stereocenters. The minimum absolute atomic E-state index is 0.533. The van der Waals surface area contributed by atoms with Gasteiger partial charge in [-0.2, -0.15) is 0 Å². The van der Waals surface area contributed by atoms with Gasteiger partial charge in [0.1, 0.15) is 0 Å². The molecule has 1 heterocycles. The molecule has 2 unspecified atom stereocenters. The van der Waals surface area contributed by atoms with Crippen LogP contribution in [0.25, 0.3) is 0 Å². The highest BCUT2D eigenvalue weighted by molar-refractivity contribution is 4.87. The zero-order valence-electron chi connectivity index (χ0n) is 11.8. The lowest BCUT2D eigenvalue weighted by molar-refractivity contribution is 0.0625. The van der Waals surface area contributed by atoms with Crippen LogP contribution in [0.3, 0.4) is 0 Å². The molecule has 17 heavy (non-hydrogen) atoms. The van der Waals surface area contributed by atoms with Crippen molar-refractivity contribution in [1.29, 1.82) is 0 Å². The highest BCUT2D eigenvalue weighted by atomic mass is 16.5. The lowest BCUT2D eigenvalue weighted by Crippen LogP contribution is -2.42. The van der Waals surface area contributed by atoms with E-state index in [1.165, 1.54) is 38.6 Å². The Bertz CT molecular complexity index is 233. The van der Waals surface area contributed by atoms with E-state index in [0.717, 1.165) is 31.1 Å². The van der Waals surface area contributed by atoms with Gasteiger partial charge in [0.2, 0.25) is 0 Å². The first-order chi connectivity index (χ1) is 8.05. The second kappa shape index (κ2) is 5.71. The molecule has 1 N–H and O–H groups in total. The van der Waals surface area contributed by atoms with Crippen molar-refractivity contribution in [2.45, 2.75) is 58.9 Å². The van der Waals surface area contributed by atoms with Crippen LogP contribution >= 0.6 is 0 Å². The Hall–Kier alpha value is -0.0800. The molecule has 100 valence electrons. The molecular weight excluding hydrogens is 210 g/mol. The van der Waals surface area contributed by atoms with Gasteiger partial charge in [-0.15, -0.1) is 0 Å². The smallest absolute Gasteiger partial charge is 0.0469 e. The van der Waals surface area contributed by atoms with Crippen LogP contribution in [-0.2, 0) is 4.74 Å². The Balaban J connectivity index is 1.74. The summed E-state index contributed by atoms with van der Waals surface area (Å²) in [5.74, 6) is 1.73. The molecular formula is C15H29NO. The predicted molar refractivity (Wildman–Crippen MR) is 72.1 cm³/mol. The number of ether oxygens (including phenoxy) is 1. The molecule has 2 aliphatic rings. The SMILES string of the molecule is CC1CC(NCC2CCOCC2)CC(C)(C)C1. The van der Waals surface area contributed by atoms with Crippen molar-refractivity contribution >= 4 is 0 Å². The highest BCUT2D eigenvalue weighted by Crippen LogP contribution is 2.38. The first kappa shape index (κ1) is 13.4. The Morgan fingerprint density at radius 3 is 2.53 bits per heavy atom. The molecule has 2 rings (SSSR count). The van der Waals surface area contributed by atoms with Crippen LogP contribution in [0.5, 0.6) is 0 Å². The molecule has 1 saturated carbocycles. The highest BCUT2D eigenvalue weighted by Gasteiger charge is 2.31. The zero-order chi connectivity index (χ0) is 12.3. The quantitative estimate of drug-likeness (QED) is 0.816. The van der Waals surface area contributed by atoms with Crippen molar-refractivity contribution in [3.05, 3.63) is 0 Å². The summed E-state index contributed by atoms with van der Waals surface area (Å²) in [5.41, 5.74) is 0.533. The summed E-state index contributed by atoms with van der Waals surface area (Å²) in [5, 5.41) is 3.82. The van der Waals surface area contributed by atoms with Crippen molar-refractivity contribution in [3.8, 4) is 0 Å². The van der Waals surface area contributed by atoms with E-state index in [1.807, 2.05) is 0 Å². The van der Waals surface area contributed by atoms with Crippen LogP contribution in [0.2, 0.25) is 0 Å². The summed E-state index contributed by atoms with van der Waals surface area (Å²) in [7, 11) is 0. The van der Waals surface area contributed by atoms with Crippen molar-refractivity contribution in [3.63, 3.8) is 0 Å². The Morgan fingerprint density at radius 1 is 1.18 bits per heavy atom. The minimum atomic E-state index is 0.533. The first-order valence-electron chi connectivity index (χ1n) is 7.36. The van der Waals surface area contributed by atoms with Gasteiger partial charge in [-0.3, -0.25) is 0 Å².